The summed E-state index contributed by atoms with van der Waals surface area (Å²) in [7, 11) is 0.197. The lowest BCUT2D eigenvalue weighted by Gasteiger charge is -2.26. The Hall–Kier alpha value is -2.38. The molecule has 1 fully saturated rings. The fourth-order valence-corrected chi connectivity index (χ4v) is 4.87. The van der Waals surface area contributed by atoms with Gasteiger partial charge in [-0.3, -0.25) is 4.79 Å². The number of anilines is 2. The van der Waals surface area contributed by atoms with Crippen LogP contribution >= 0.6 is 0 Å². The smallest absolute Gasteiger partial charge is 0.257 e. The molecule has 7 heteroatoms. The van der Waals surface area contributed by atoms with Gasteiger partial charge in [-0.25, -0.2) is 8.42 Å². The molecule has 0 aromatic heterocycles. The van der Waals surface area contributed by atoms with E-state index >= 15 is 0 Å². The molecule has 0 atom stereocenters. The van der Waals surface area contributed by atoms with Crippen LogP contribution in [0.25, 0.3) is 0 Å². The van der Waals surface area contributed by atoms with Crippen LogP contribution in [0.5, 0.6) is 0 Å². The van der Waals surface area contributed by atoms with Crippen molar-refractivity contribution in [3.05, 3.63) is 54.1 Å². The molecule has 1 aliphatic rings. The average Bonchev–Trinajstić information content (AvgIpc) is 2.69. The number of rotatable bonds is 5. The van der Waals surface area contributed by atoms with E-state index in [1.165, 1.54) is 10.4 Å². The zero-order valence-electron chi connectivity index (χ0n) is 15.7. The fourth-order valence-electron chi connectivity index (χ4n) is 3.16. The number of nitrogens with zero attached hydrogens (tertiary/aromatic N) is 2. The Morgan fingerprint density at radius 2 is 1.59 bits per heavy atom. The van der Waals surface area contributed by atoms with E-state index in [4.69, 9.17) is 0 Å². The van der Waals surface area contributed by atoms with Crippen LogP contribution in [0, 0.1) is 0 Å². The van der Waals surface area contributed by atoms with E-state index in [1.807, 2.05) is 31.1 Å². The van der Waals surface area contributed by atoms with Crippen LogP contribution in [-0.4, -0.2) is 45.8 Å². The van der Waals surface area contributed by atoms with Gasteiger partial charge in [0, 0.05) is 38.6 Å². The number of amides is 1. The first-order chi connectivity index (χ1) is 12.9. The average molecular weight is 388 g/mol. The van der Waals surface area contributed by atoms with Crippen molar-refractivity contribution in [2.75, 3.05) is 37.4 Å². The van der Waals surface area contributed by atoms with Crippen molar-refractivity contribution >= 4 is 27.3 Å². The quantitative estimate of drug-likeness (QED) is 0.855. The van der Waals surface area contributed by atoms with Gasteiger partial charge in [-0.1, -0.05) is 18.6 Å². The summed E-state index contributed by atoms with van der Waals surface area (Å²) in [6.45, 7) is 1.01. The largest absolute Gasteiger partial charge is 0.378 e. The summed E-state index contributed by atoms with van der Waals surface area (Å²) in [5, 5.41) is 2.80. The lowest BCUT2D eigenvalue weighted by atomic mass is 10.2. The van der Waals surface area contributed by atoms with Crippen molar-refractivity contribution in [2.24, 2.45) is 0 Å². The van der Waals surface area contributed by atoms with E-state index in [2.05, 4.69) is 5.32 Å². The van der Waals surface area contributed by atoms with Crippen LogP contribution in [0.1, 0.15) is 29.6 Å². The van der Waals surface area contributed by atoms with Gasteiger partial charge in [0.05, 0.1) is 10.5 Å². The van der Waals surface area contributed by atoms with Crippen LogP contribution < -0.4 is 10.2 Å². The molecule has 144 valence electrons. The summed E-state index contributed by atoms with van der Waals surface area (Å²) in [6, 6.07) is 13.8. The zero-order valence-corrected chi connectivity index (χ0v) is 16.5. The van der Waals surface area contributed by atoms with Crippen LogP contribution in [0.4, 0.5) is 11.4 Å². The van der Waals surface area contributed by atoms with Crippen LogP contribution in [0.3, 0.4) is 0 Å². The summed E-state index contributed by atoms with van der Waals surface area (Å²) >= 11 is 0. The summed E-state index contributed by atoms with van der Waals surface area (Å²) in [6.07, 6.45) is 2.74. The Morgan fingerprint density at radius 1 is 0.963 bits per heavy atom. The highest BCUT2D eigenvalue weighted by Gasteiger charge is 2.29. The summed E-state index contributed by atoms with van der Waals surface area (Å²) < 4.78 is 27.5. The van der Waals surface area contributed by atoms with Gasteiger partial charge in [-0.2, -0.15) is 4.31 Å². The normalized spacial score (nSPS) is 15.3. The minimum Gasteiger partial charge on any atom is -0.378 e. The molecular formula is C20H25N3O3S. The fraction of sp³-hybridized carbons (Fsp3) is 0.350. The second-order valence-corrected chi connectivity index (χ2v) is 8.76. The summed E-state index contributed by atoms with van der Waals surface area (Å²) in [4.78, 5) is 14.8. The molecule has 1 saturated heterocycles. The van der Waals surface area contributed by atoms with Gasteiger partial charge in [0.2, 0.25) is 10.0 Å². The zero-order chi connectivity index (χ0) is 19.4. The maximum absolute atomic E-state index is 13.0. The van der Waals surface area contributed by atoms with Gasteiger partial charge in [-0.05, 0) is 49.2 Å². The molecule has 0 unspecified atom stereocenters. The number of nitrogens with one attached hydrogen (secondary N) is 1. The van der Waals surface area contributed by atoms with E-state index in [1.54, 1.807) is 30.3 Å². The predicted octanol–water partition coefficient (Wildman–Crippen LogP) is 3.18. The van der Waals surface area contributed by atoms with Gasteiger partial charge >= 0.3 is 0 Å². The number of carbonyl (C=O) groups is 1. The Bertz CT molecular complexity index is 902. The van der Waals surface area contributed by atoms with E-state index in [0.29, 0.717) is 18.8 Å². The standard InChI is InChI=1S/C20H25N3O3S/c1-22(2)17-12-10-16(11-13-17)21-20(24)18-8-4-5-9-19(18)27(25,26)23-14-6-3-7-15-23/h4-5,8-13H,3,6-7,14-15H2,1-2H3,(H,21,24). The van der Waals surface area contributed by atoms with Crippen molar-refractivity contribution < 1.29 is 13.2 Å². The molecule has 2 aromatic rings. The number of sulfonamides is 1. The molecule has 0 saturated carbocycles. The maximum atomic E-state index is 13.0. The van der Waals surface area contributed by atoms with Gasteiger partial charge < -0.3 is 10.2 Å². The Labute approximate surface area is 160 Å². The number of hydrogen-bond donors (Lipinski definition) is 1. The third kappa shape index (κ3) is 4.31. The van der Waals surface area contributed by atoms with Crippen molar-refractivity contribution in [3.8, 4) is 0 Å². The molecule has 27 heavy (non-hydrogen) atoms. The second kappa shape index (κ2) is 8.10. The molecule has 0 spiro atoms. The first-order valence-corrected chi connectivity index (χ1v) is 10.5. The topological polar surface area (TPSA) is 69.7 Å². The maximum Gasteiger partial charge on any atom is 0.257 e. The summed E-state index contributed by atoms with van der Waals surface area (Å²) in [5.74, 6) is -0.427. The first kappa shape index (κ1) is 19.4. The van der Waals surface area contributed by atoms with Gasteiger partial charge in [-0.15, -0.1) is 0 Å². The van der Waals surface area contributed by atoms with E-state index in [9.17, 15) is 13.2 Å². The Balaban J connectivity index is 1.85. The van der Waals surface area contributed by atoms with Crippen molar-refractivity contribution in [1.82, 2.24) is 4.31 Å². The number of piperidine rings is 1. The molecule has 3 rings (SSSR count). The highest BCUT2D eigenvalue weighted by Crippen LogP contribution is 2.24. The van der Waals surface area contributed by atoms with Crippen molar-refractivity contribution in [3.63, 3.8) is 0 Å². The lowest BCUT2D eigenvalue weighted by molar-refractivity contribution is 0.102. The van der Waals surface area contributed by atoms with E-state index < -0.39 is 15.9 Å². The number of benzene rings is 2. The summed E-state index contributed by atoms with van der Waals surface area (Å²) in [5.41, 5.74) is 1.80. The van der Waals surface area contributed by atoms with Crippen molar-refractivity contribution in [2.45, 2.75) is 24.2 Å². The third-order valence-electron chi connectivity index (χ3n) is 4.71. The Morgan fingerprint density at radius 3 is 2.22 bits per heavy atom. The highest BCUT2D eigenvalue weighted by molar-refractivity contribution is 7.89. The Kier molecular flexibility index (Phi) is 5.82. The van der Waals surface area contributed by atoms with Crippen molar-refractivity contribution in [1.29, 1.82) is 0 Å². The second-order valence-electron chi connectivity index (χ2n) is 6.86. The molecule has 0 bridgehead atoms. The van der Waals surface area contributed by atoms with Gasteiger partial charge in [0.25, 0.3) is 5.91 Å². The van der Waals surface area contributed by atoms with Gasteiger partial charge in [0.15, 0.2) is 0 Å². The van der Waals surface area contributed by atoms with E-state index in [-0.39, 0.29) is 10.5 Å². The SMILES string of the molecule is CN(C)c1ccc(NC(=O)c2ccccc2S(=O)(=O)N2CCCCC2)cc1. The van der Waals surface area contributed by atoms with E-state index in [0.717, 1.165) is 24.9 Å². The van der Waals surface area contributed by atoms with Crippen LogP contribution in [0.2, 0.25) is 0 Å². The van der Waals surface area contributed by atoms with Crippen LogP contribution in [0.15, 0.2) is 53.4 Å². The predicted molar refractivity (Wildman–Crippen MR) is 108 cm³/mol. The third-order valence-corrected chi connectivity index (χ3v) is 6.66. The van der Waals surface area contributed by atoms with Gasteiger partial charge in [0.1, 0.15) is 0 Å². The first-order valence-electron chi connectivity index (χ1n) is 9.07. The molecule has 1 heterocycles. The monoisotopic (exact) mass is 387 g/mol. The minimum atomic E-state index is -3.68. The molecule has 0 radical (unpaired) electrons. The molecule has 2 aromatic carbocycles. The molecule has 6 nitrogen and oxygen atoms in total. The molecule has 1 amide bonds. The molecule has 0 aliphatic carbocycles. The number of hydrogen-bond acceptors (Lipinski definition) is 4. The molecular weight excluding hydrogens is 362 g/mol. The number of carbonyl (C=O) groups excluding carboxylic acids is 1. The minimum absolute atomic E-state index is 0.0642. The highest BCUT2D eigenvalue weighted by atomic mass is 32.2. The van der Waals surface area contributed by atoms with Crippen LogP contribution in [-0.2, 0) is 10.0 Å². The lowest BCUT2D eigenvalue weighted by Crippen LogP contribution is -2.36. The molecule has 1 N–H and O–H groups in total. The molecule has 1 aliphatic heterocycles.